The molecule has 1 N–H and O–H groups in total. The molecule has 0 aliphatic carbocycles. The van der Waals surface area contributed by atoms with Gasteiger partial charge in [-0.05, 0) is 29.8 Å². The molecule has 0 unspecified atom stereocenters. The fourth-order valence-electron chi connectivity index (χ4n) is 1.64. The summed E-state index contributed by atoms with van der Waals surface area (Å²) in [6.45, 7) is -0.422. The van der Waals surface area contributed by atoms with Crippen molar-refractivity contribution in [1.29, 1.82) is 0 Å². The van der Waals surface area contributed by atoms with Crippen LogP contribution in [0.1, 0.15) is 5.69 Å². The summed E-state index contributed by atoms with van der Waals surface area (Å²) in [5.41, 5.74) is 0.352. The highest BCUT2D eigenvalue weighted by molar-refractivity contribution is 5.64. The molecule has 2 rings (SSSR count). The maximum atomic E-state index is 13.7. The zero-order valence-electron chi connectivity index (χ0n) is 9.99. The van der Waals surface area contributed by atoms with Crippen LogP contribution in [-0.2, 0) is 6.61 Å². The fraction of sp³-hybridized carbons (Fsp3) is 0.154. The van der Waals surface area contributed by atoms with E-state index in [4.69, 9.17) is 5.11 Å². The lowest BCUT2D eigenvalue weighted by atomic mass is 10.1. The SMILES string of the molecule is OCc1ccc(-c2cccc(OC(F)(F)F)c2)c(F)n1. The molecule has 0 bridgehead atoms. The van der Waals surface area contributed by atoms with Crippen molar-refractivity contribution in [1.82, 2.24) is 4.98 Å². The third-order valence-corrected chi connectivity index (χ3v) is 2.45. The van der Waals surface area contributed by atoms with Gasteiger partial charge in [0.15, 0.2) is 0 Å². The minimum absolute atomic E-state index is 0.0230. The summed E-state index contributed by atoms with van der Waals surface area (Å²) in [5, 5.41) is 8.82. The maximum absolute atomic E-state index is 13.7. The minimum atomic E-state index is -4.81. The molecule has 106 valence electrons. The van der Waals surface area contributed by atoms with E-state index >= 15 is 0 Å². The molecule has 0 spiro atoms. The predicted molar refractivity (Wildman–Crippen MR) is 62.2 cm³/mol. The van der Waals surface area contributed by atoms with Crippen LogP contribution < -0.4 is 4.74 Å². The second-order valence-electron chi connectivity index (χ2n) is 3.87. The van der Waals surface area contributed by atoms with E-state index in [9.17, 15) is 17.6 Å². The van der Waals surface area contributed by atoms with Gasteiger partial charge in [0.05, 0.1) is 12.3 Å². The van der Waals surface area contributed by atoms with Crippen LogP contribution in [-0.4, -0.2) is 16.5 Å². The van der Waals surface area contributed by atoms with Crippen LogP contribution in [0.3, 0.4) is 0 Å². The van der Waals surface area contributed by atoms with Gasteiger partial charge in [0.1, 0.15) is 5.75 Å². The number of ether oxygens (including phenoxy) is 1. The number of halogens is 4. The van der Waals surface area contributed by atoms with E-state index in [2.05, 4.69) is 9.72 Å². The van der Waals surface area contributed by atoms with Crippen molar-refractivity contribution in [2.45, 2.75) is 13.0 Å². The van der Waals surface area contributed by atoms with Crippen LogP contribution in [0.2, 0.25) is 0 Å². The lowest BCUT2D eigenvalue weighted by molar-refractivity contribution is -0.274. The standard InChI is InChI=1S/C13H9F4NO2/c14-12-11(5-4-9(7-19)18-12)8-2-1-3-10(6-8)20-13(15,16)17/h1-6,19H,7H2. The van der Waals surface area contributed by atoms with E-state index in [-0.39, 0.29) is 16.8 Å². The number of alkyl halides is 3. The number of nitrogens with zero attached hydrogens (tertiary/aromatic N) is 1. The number of aliphatic hydroxyl groups excluding tert-OH is 1. The van der Waals surface area contributed by atoms with Crippen LogP contribution in [0.5, 0.6) is 5.75 Å². The molecule has 20 heavy (non-hydrogen) atoms. The van der Waals surface area contributed by atoms with Gasteiger partial charge in [0.2, 0.25) is 5.95 Å². The smallest absolute Gasteiger partial charge is 0.406 e. The van der Waals surface area contributed by atoms with Gasteiger partial charge in [-0.1, -0.05) is 12.1 Å². The number of benzene rings is 1. The molecule has 0 radical (unpaired) electrons. The summed E-state index contributed by atoms with van der Waals surface area (Å²) in [7, 11) is 0. The number of hydrogen-bond acceptors (Lipinski definition) is 3. The van der Waals surface area contributed by atoms with E-state index in [1.807, 2.05) is 0 Å². The Morgan fingerprint density at radius 3 is 2.50 bits per heavy atom. The normalized spacial score (nSPS) is 11.4. The van der Waals surface area contributed by atoms with Gasteiger partial charge in [-0.3, -0.25) is 0 Å². The Bertz CT molecular complexity index is 614. The average molecular weight is 287 g/mol. The molecule has 2 aromatic rings. The van der Waals surface area contributed by atoms with Crippen molar-refractivity contribution in [2.24, 2.45) is 0 Å². The number of rotatable bonds is 3. The average Bonchev–Trinajstić information content (AvgIpc) is 2.36. The highest BCUT2D eigenvalue weighted by Crippen LogP contribution is 2.29. The Kier molecular flexibility index (Phi) is 3.89. The van der Waals surface area contributed by atoms with Crippen molar-refractivity contribution in [2.75, 3.05) is 0 Å². The van der Waals surface area contributed by atoms with Gasteiger partial charge in [-0.25, -0.2) is 4.98 Å². The molecule has 0 saturated heterocycles. The van der Waals surface area contributed by atoms with Crippen LogP contribution in [0, 0.1) is 5.95 Å². The van der Waals surface area contributed by atoms with Crippen LogP contribution in [0.4, 0.5) is 17.6 Å². The van der Waals surface area contributed by atoms with Crippen LogP contribution >= 0.6 is 0 Å². The quantitative estimate of drug-likeness (QED) is 0.696. The first-order valence-corrected chi connectivity index (χ1v) is 5.51. The van der Waals surface area contributed by atoms with E-state index in [0.29, 0.717) is 0 Å². The number of aliphatic hydroxyl groups is 1. The van der Waals surface area contributed by atoms with E-state index < -0.39 is 24.7 Å². The number of hydrogen-bond donors (Lipinski definition) is 1. The van der Waals surface area contributed by atoms with E-state index in [1.54, 1.807) is 0 Å². The Balaban J connectivity index is 2.36. The third kappa shape index (κ3) is 3.45. The molecule has 1 aromatic heterocycles. The maximum Gasteiger partial charge on any atom is 0.573 e. The number of aromatic nitrogens is 1. The van der Waals surface area contributed by atoms with Crippen molar-refractivity contribution < 1.29 is 27.4 Å². The Labute approximate surface area is 111 Å². The Morgan fingerprint density at radius 1 is 1.15 bits per heavy atom. The van der Waals surface area contributed by atoms with Crippen LogP contribution in [0.15, 0.2) is 36.4 Å². The molecule has 0 aliphatic rings. The lowest BCUT2D eigenvalue weighted by Gasteiger charge is -2.10. The molecule has 0 fully saturated rings. The summed E-state index contributed by atoms with van der Waals surface area (Å²) in [4.78, 5) is 3.49. The molecule has 0 amide bonds. The molecule has 0 aliphatic heterocycles. The monoisotopic (exact) mass is 287 g/mol. The summed E-state index contributed by atoms with van der Waals surface area (Å²) < 4.78 is 53.8. The highest BCUT2D eigenvalue weighted by atomic mass is 19.4. The third-order valence-electron chi connectivity index (χ3n) is 2.45. The van der Waals surface area contributed by atoms with Gasteiger partial charge in [0, 0.05) is 5.56 Å². The van der Waals surface area contributed by atoms with Crippen molar-refractivity contribution >= 4 is 0 Å². The summed E-state index contributed by atoms with van der Waals surface area (Å²) >= 11 is 0. The topological polar surface area (TPSA) is 42.4 Å². The van der Waals surface area contributed by atoms with Gasteiger partial charge >= 0.3 is 6.36 Å². The second kappa shape index (κ2) is 5.46. The lowest BCUT2D eigenvalue weighted by Crippen LogP contribution is -2.17. The molecule has 7 heteroatoms. The van der Waals surface area contributed by atoms with Gasteiger partial charge in [0.25, 0.3) is 0 Å². The molecule has 1 heterocycles. The minimum Gasteiger partial charge on any atom is -0.406 e. The second-order valence-corrected chi connectivity index (χ2v) is 3.87. The summed E-state index contributed by atoms with van der Waals surface area (Å²) in [6.07, 6.45) is -4.81. The Hall–Kier alpha value is -2.15. The zero-order chi connectivity index (χ0) is 14.8. The van der Waals surface area contributed by atoms with Crippen molar-refractivity contribution in [3.63, 3.8) is 0 Å². The molecule has 0 atom stereocenters. The molecule has 1 aromatic carbocycles. The van der Waals surface area contributed by atoms with Crippen molar-refractivity contribution in [3.8, 4) is 16.9 Å². The first kappa shape index (κ1) is 14.3. The molecule has 0 saturated carbocycles. The van der Waals surface area contributed by atoms with Gasteiger partial charge in [-0.15, -0.1) is 13.2 Å². The highest BCUT2D eigenvalue weighted by Gasteiger charge is 2.31. The first-order valence-electron chi connectivity index (χ1n) is 5.51. The summed E-state index contributed by atoms with van der Waals surface area (Å²) in [6, 6.07) is 7.64. The predicted octanol–water partition coefficient (Wildman–Crippen LogP) is 3.28. The van der Waals surface area contributed by atoms with E-state index in [0.717, 1.165) is 12.1 Å². The van der Waals surface area contributed by atoms with E-state index in [1.165, 1.54) is 24.3 Å². The summed E-state index contributed by atoms with van der Waals surface area (Å²) in [5.74, 6) is -1.32. The largest absolute Gasteiger partial charge is 0.573 e. The fourth-order valence-corrected chi connectivity index (χ4v) is 1.64. The van der Waals surface area contributed by atoms with Crippen molar-refractivity contribution in [3.05, 3.63) is 48.0 Å². The van der Waals surface area contributed by atoms with Crippen LogP contribution in [0.25, 0.3) is 11.1 Å². The zero-order valence-corrected chi connectivity index (χ0v) is 9.99. The molecule has 3 nitrogen and oxygen atoms in total. The van der Waals surface area contributed by atoms with Gasteiger partial charge < -0.3 is 9.84 Å². The molecular formula is C13H9F4NO2. The molecular weight excluding hydrogens is 278 g/mol. The first-order chi connectivity index (χ1) is 9.39. The Morgan fingerprint density at radius 2 is 1.90 bits per heavy atom. The number of pyridine rings is 1. The van der Waals surface area contributed by atoms with Gasteiger partial charge in [-0.2, -0.15) is 4.39 Å².